The number of ether oxygens (including phenoxy) is 1. The van der Waals surface area contributed by atoms with Gasteiger partial charge in [0.05, 0.1) is 6.61 Å². The predicted octanol–water partition coefficient (Wildman–Crippen LogP) is 1.97. The van der Waals surface area contributed by atoms with Crippen molar-refractivity contribution in [1.29, 1.82) is 0 Å². The molecular weight excluding hydrogens is 258 g/mol. The number of hydrogen-bond donors (Lipinski definition) is 1. The van der Waals surface area contributed by atoms with Gasteiger partial charge in [-0.05, 0) is 37.8 Å². The Bertz CT molecular complexity index is 431. The molecule has 1 aliphatic carbocycles. The molecule has 1 heterocycles. The molecule has 0 spiro atoms. The fraction of sp³-hybridized carbons (Fsp3) is 0.571. The van der Waals surface area contributed by atoms with Crippen molar-refractivity contribution in [2.45, 2.75) is 25.8 Å². The average Bonchev–Trinajstić information content (AvgIpc) is 3.23. The third-order valence-electron chi connectivity index (χ3n) is 3.66. The van der Waals surface area contributed by atoms with Gasteiger partial charge in [0.25, 0.3) is 0 Å². The summed E-state index contributed by atoms with van der Waals surface area (Å²) in [6.07, 6.45) is 4.38. The highest BCUT2D eigenvalue weighted by atomic mass is 32.1. The third kappa shape index (κ3) is 3.64. The van der Waals surface area contributed by atoms with E-state index in [2.05, 4.69) is 16.8 Å². The van der Waals surface area contributed by atoms with Gasteiger partial charge in [0.15, 0.2) is 0 Å². The van der Waals surface area contributed by atoms with Crippen LogP contribution in [0.4, 0.5) is 5.82 Å². The summed E-state index contributed by atoms with van der Waals surface area (Å²) in [6, 6.07) is 4.42. The van der Waals surface area contributed by atoms with Crippen LogP contribution in [0.25, 0.3) is 0 Å². The number of nitrogens with zero attached hydrogens (tertiary/aromatic N) is 2. The van der Waals surface area contributed by atoms with Crippen LogP contribution in [0.15, 0.2) is 18.3 Å². The molecule has 2 N–H and O–H groups in total. The van der Waals surface area contributed by atoms with E-state index in [4.69, 9.17) is 22.7 Å². The molecule has 5 heteroatoms. The molecule has 1 aliphatic rings. The quantitative estimate of drug-likeness (QED) is 0.773. The van der Waals surface area contributed by atoms with Gasteiger partial charge in [0.2, 0.25) is 0 Å². The maximum atomic E-state index is 5.60. The Morgan fingerprint density at radius 3 is 2.79 bits per heavy atom. The summed E-state index contributed by atoms with van der Waals surface area (Å²) in [5.41, 5.74) is 6.41. The number of pyridine rings is 1. The van der Waals surface area contributed by atoms with Crippen LogP contribution in [0.2, 0.25) is 0 Å². The van der Waals surface area contributed by atoms with Crippen molar-refractivity contribution in [1.82, 2.24) is 4.98 Å². The van der Waals surface area contributed by atoms with Crippen molar-refractivity contribution in [2.75, 3.05) is 25.2 Å². The van der Waals surface area contributed by atoms with Gasteiger partial charge in [-0.3, -0.25) is 0 Å². The molecule has 0 radical (unpaired) electrons. The third-order valence-corrected chi connectivity index (χ3v) is 3.89. The first kappa shape index (κ1) is 14.2. The van der Waals surface area contributed by atoms with Gasteiger partial charge in [0, 0.05) is 31.5 Å². The van der Waals surface area contributed by atoms with Crippen molar-refractivity contribution in [3.8, 4) is 0 Å². The number of thiocarbonyl (C=S) groups is 1. The lowest BCUT2D eigenvalue weighted by Gasteiger charge is -2.30. The number of nitrogens with two attached hydrogens (primary N) is 1. The Kier molecular flexibility index (Phi) is 4.71. The van der Waals surface area contributed by atoms with Crippen molar-refractivity contribution in [3.05, 3.63) is 23.9 Å². The smallest absolute Gasteiger partial charge is 0.128 e. The lowest BCUT2D eigenvalue weighted by Crippen LogP contribution is -2.37. The Hall–Kier alpha value is -1.20. The van der Waals surface area contributed by atoms with E-state index in [1.54, 1.807) is 13.3 Å². The first-order valence-electron chi connectivity index (χ1n) is 6.65. The van der Waals surface area contributed by atoms with E-state index in [0.29, 0.717) is 17.6 Å². The molecule has 0 saturated heterocycles. The molecule has 0 aromatic carbocycles. The maximum absolute atomic E-state index is 5.60. The second kappa shape index (κ2) is 6.30. The lowest BCUT2D eigenvalue weighted by atomic mass is 10.1. The van der Waals surface area contributed by atoms with E-state index in [9.17, 15) is 0 Å². The van der Waals surface area contributed by atoms with Crippen LogP contribution >= 0.6 is 12.2 Å². The van der Waals surface area contributed by atoms with E-state index in [1.165, 1.54) is 12.8 Å². The van der Waals surface area contributed by atoms with Crippen LogP contribution in [0.1, 0.15) is 25.3 Å². The topological polar surface area (TPSA) is 51.4 Å². The van der Waals surface area contributed by atoms with E-state index >= 15 is 0 Å². The zero-order chi connectivity index (χ0) is 13.8. The number of anilines is 1. The first-order chi connectivity index (χ1) is 9.13. The summed E-state index contributed by atoms with van der Waals surface area (Å²) in [6.45, 7) is 3.82. The molecule has 0 aliphatic heterocycles. The summed E-state index contributed by atoms with van der Waals surface area (Å²) in [4.78, 5) is 7.18. The SMILES string of the molecule is COCCN(c1ccc(C(N)=S)cn1)C(C)C1CC1. The molecule has 0 bridgehead atoms. The van der Waals surface area contributed by atoms with Gasteiger partial charge in [-0.1, -0.05) is 12.2 Å². The number of hydrogen-bond acceptors (Lipinski definition) is 4. The molecule has 1 saturated carbocycles. The van der Waals surface area contributed by atoms with Crippen LogP contribution in [-0.2, 0) is 4.74 Å². The normalized spacial score (nSPS) is 16.1. The monoisotopic (exact) mass is 279 g/mol. The minimum atomic E-state index is 0.387. The van der Waals surface area contributed by atoms with Crippen LogP contribution in [0.5, 0.6) is 0 Å². The molecule has 1 aromatic rings. The summed E-state index contributed by atoms with van der Waals surface area (Å²) in [5.74, 6) is 1.75. The molecule has 4 nitrogen and oxygen atoms in total. The lowest BCUT2D eigenvalue weighted by molar-refractivity contribution is 0.202. The van der Waals surface area contributed by atoms with Crippen molar-refractivity contribution in [2.24, 2.45) is 11.7 Å². The van der Waals surface area contributed by atoms with Crippen LogP contribution in [0.3, 0.4) is 0 Å². The maximum Gasteiger partial charge on any atom is 0.128 e. The minimum Gasteiger partial charge on any atom is -0.389 e. The average molecular weight is 279 g/mol. The fourth-order valence-corrected chi connectivity index (χ4v) is 2.37. The van der Waals surface area contributed by atoms with Gasteiger partial charge < -0.3 is 15.4 Å². The highest BCUT2D eigenvalue weighted by molar-refractivity contribution is 7.80. The van der Waals surface area contributed by atoms with E-state index in [0.717, 1.165) is 23.8 Å². The Morgan fingerprint density at radius 2 is 2.32 bits per heavy atom. The second-order valence-corrected chi connectivity index (χ2v) is 5.47. The number of methoxy groups -OCH3 is 1. The van der Waals surface area contributed by atoms with E-state index in [1.807, 2.05) is 12.1 Å². The molecule has 0 amide bonds. The summed E-state index contributed by atoms with van der Waals surface area (Å²) < 4.78 is 5.20. The van der Waals surface area contributed by atoms with Crippen LogP contribution < -0.4 is 10.6 Å². The van der Waals surface area contributed by atoms with Gasteiger partial charge in [0.1, 0.15) is 10.8 Å². The second-order valence-electron chi connectivity index (χ2n) is 5.03. The Labute approximate surface area is 120 Å². The number of aromatic nitrogens is 1. The summed E-state index contributed by atoms with van der Waals surface area (Å²) in [7, 11) is 1.73. The molecule has 1 fully saturated rings. The van der Waals surface area contributed by atoms with Gasteiger partial charge in [-0.2, -0.15) is 0 Å². The Morgan fingerprint density at radius 1 is 1.58 bits per heavy atom. The molecule has 1 aromatic heterocycles. The molecule has 104 valence electrons. The van der Waals surface area contributed by atoms with Crippen molar-refractivity contribution >= 4 is 23.0 Å². The van der Waals surface area contributed by atoms with E-state index < -0.39 is 0 Å². The zero-order valence-corrected chi connectivity index (χ0v) is 12.3. The molecule has 1 unspecified atom stereocenters. The van der Waals surface area contributed by atoms with Crippen molar-refractivity contribution in [3.63, 3.8) is 0 Å². The first-order valence-corrected chi connectivity index (χ1v) is 7.05. The van der Waals surface area contributed by atoms with Gasteiger partial charge in [-0.15, -0.1) is 0 Å². The minimum absolute atomic E-state index is 0.387. The molecular formula is C14H21N3OS. The summed E-state index contributed by atoms with van der Waals surface area (Å²) >= 11 is 4.95. The highest BCUT2D eigenvalue weighted by Crippen LogP contribution is 2.36. The molecule has 19 heavy (non-hydrogen) atoms. The summed E-state index contributed by atoms with van der Waals surface area (Å²) in [5, 5.41) is 0. The van der Waals surface area contributed by atoms with Crippen LogP contribution in [-0.4, -0.2) is 36.3 Å². The van der Waals surface area contributed by atoms with Gasteiger partial charge >= 0.3 is 0 Å². The zero-order valence-electron chi connectivity index (χ0n) is 11.5. The molecule has 2 rings (SSSR count). The highest BCUT2D eigenvalue weighted by Gasteiger charge is 2.32. The largest absolute Gasteiger partial charge is 0.389 e. The Balaban J connectivity index is 2.13. The fourth-order valence-electron chi connectivity index (χ4n) is 2.25. The van der Waals surface area contributed by atoms with E-state index in [-0.39, 0.29) is 0 Å². The number of rotatable bonds is 7. The van der Waals surface area contributed by atoms with Gasteiger partial charge in [-0.25, -0.2) is 4.98 Å². The van der Waals surface area contributed by atoms with Crippen LogP contribution in [0, 0.1) is 5.92 Å². The van der Waals surface area contributed by atoms with Crippen molar-refractivity contribution < 1.29 is 4.74 Å². The standard InChI is InChI=1S/C14H21N3OS/c1-10(11-3-4-11)17(7-8-18-2)13-6-5-12(9-16-13)14(15)19/h5-6,9-11H,3-4,7-8H2,1-2H3,(H2,15,19). The predicted molar refractivity (Wildman–Crippen MR) is 81.5 cm³/mol. The molecule has 1 atom stereocenters.